The minimum Gasteiger partial charge on any atom is -0.372 e. The maximum Gasteiger partial charge on any atom is 0.394 e. The molecule has 2 aliphatic rings. The zero-order valence-corrected chi connectivity index (χ0v) is 24.3. The number of carbonyl (C=O) groups excluding carboxylic acids is 2. The van der Waals surface area contributed by atoms with E-state index in [0.29, 0.717) is 60.9 Å². The van der Waals surface area contributed by atoms with E-state index in [1.807, 2.05) is 13.8 Å². The van der Waals surface area contributed by atoms with E-state index in [4.69, 9.17) is 5.73 Å². The molecule has 1 saturated heterocycles. The summed E-state index contributed by atoms with van der Waals surface area (Å²) in [5.41, 5.74) is 8.74. The number of amides is 3. The van der Waals surface area contributed by atoms with Gasteiger partial charge in [-0.1, -0.05) is 26.0 Å². The predicted molar refractivity (Wildman–Crippen MR) is 157 cm³/mol. The molecular weight excluding hydrogens is 549 g/mol. The second-order valence-electron chi connectivity index (χ2n) is 10.4. The summed E-state index contributed by atoms with van der Waals surface area (Å²) in [6, 6.07) is 4.90. The highest BCUT2D eigenvalue weighted by atomic mass is 19.4. The summed E-state index contributed by atoms with van der Waals surface area (Å²) in [7, 11) is 1.60. The van der Waals surface area contributed by atoms with E-state index in [1.54, 1.807) is 48.2 Å². The number of aryl methyl sites for hydroxylation is 1. The van der Waals surface area contributed by atoms with E-state index < -0.39 is 18.5 Å². The number of alkyl halides is 3. The number of benzene rings is 1. The molecule has 4 rings (SSSR count). The Balaban J connectivity index is 1.55. The van der Waals surface area contributed by atoms with Crippen molar-refractivity contribution in [1.29, 1.82) is 0 Å². The van der Waals surface area contributed by atoms with Crippen LogP contribution >= 0.6 is 0 Å². The van der Waals surface area contributed by atoms with E-state index in [9.17, 15) is 22.8 Å². The molecule has 0 bridgehead atoms. The first-order valence-corrected chi connectivity index (χ1v) is 13.9. The van der Waals surface area contributed by atoms with Gasteiger partial charge in [-0.25, -0.2) is 9.78 Å². The number of aromatic nitrogens is 2. The van der Waals surface area contributed by atoms with Gasteiger partial charge in [-0.05, 0) is 43.7 Å². The summed E-state index contributed by atoms with van der Waals surface area (Å²) in [5.74, 6) is 0.0813. The zero-order valence-electron chi connectivity index (χ0n) is 24.3. The van der Waals surface area contributed by atoms with E-state index in [-0.39, 0.29) is 24.2 Å². The SMILES string of the molecule is CC/C(=C\C=C(/CC(F)(F)F)N1CCN(CC)CC1)C(=O)Nc1ccc(C)c(N2Cc3cnc(N)nc3N(C)C2=O)c1. The molecule has 2 aliphatic heterocycles. The smallest absolute Gasteiger partial charge is 0.372 e. The number of urea groups is 1. The van der Waals surface area contributed by atoms with Crippen LogP contribution in [0.1, 0.15) is 37.8 Å². The van der Waals surface area contributed by atoms with Crippen molar-refractivity contribution in [3.8, 4) is 0 Å². The molecular formula is C29H37F3N8O2. The number of fused-ring (bicyclic) bond motifs is 1. The van der Waals surface area contributed by atoms with Crippen molar-refractivity contribution in [3.05, 3.63) is 58.9 Å². The van der Waals surface area contributed by atoms with Crippen molar-refractivity contribution < 1.29 is 22.8 Å². The number of carbonyl (C=O) groups is 2. The Morgan fingerprint density at radius 2 is 1.86 bits per heavy atom. The lowest BCUT2D eigenvalue weighted by Crippen LogP contribution is -2.46. The molecule has 1 fully saturated rings. The highest BCUT2D eigenvalue weighted by Gasteiger charge is 2.33. The monoisotopic (exact) mass is 586 g/mol. The number of hydrogen-bond donors (Lipinski definition) is 2. The molecule has 3 heterocycles. The summed E-state index contributed by atoms with van der Waals surface area (Å²) < 4.78 is 40.2. The molecule has 226 valence electrons. The van der Waals surface area contributed by atoms with E-state index >= 15 is 0 Å². The molecule has 0 unspecified atom stereocenters. The van der Waals surface area contributed by atoms with Crippen LogP contribution in [0.4, 0.5) is 41.1 Å². The van der Waals surface area contributed by atoms with Crippen LogP contribution in [0, 0.1) is 6.92 Å². The van der Waals surface area contributed by atoms with Crippen LogP contribution in [0.5, 0.6) is 0 Å². The molecule has 42 heavy (non-hydrogen) atoms. The van der Waals surface area contributed by atoms with Gasteiger partial charge in [0.05, 0.1) is 18.7 Å². The average molecular weight is 587 g/mol. The molecule has 2 aromatic rings. The van der Waals surface area contributed by atoms with Gasteiger partial charge in [0.25, 0.3) is 5.91 Å². The predicted octanol–water partition coefficient (Wildman–Crippen LogP) is 4.69. The van der Waals surface area contributed by atoms with Crippen molar-refractivity contribution in [1.82, 2.24) is 19.8 Å². The number of likely N-dealkylation sites (N-methyl/N-ethyl adjacent to an activating group) is 1. The highest BCUT2D eigenvalue weighted by molar-refractivity contribution is 6.07. The Labute approximate surface area is 243 Å². The second-order valence-corrected chi connectivity index (χ2v) is 10.4. The van der Waals surface area contributed by atoms with E-state index in [0.717, 1.165) is 12.1 Å². The third kappa shape index (κ3) is 7.19. The Morgan fingerprint density at radius 3 is 2.50 bits per heavy atom. The Bertz CT molecular complexity index is 1380. The Hall–Kier alpha value is -4.13. The summed E-state index contributed by atoms with van der Waals surface area (Å²) in [4.78, 5) is 41.5. The van der Waals surface area contributed by atoms with Gasteiger partial charge >= 0.3 is 12.2 Å². The number of nitrogens with one attached hydrogen (secondary N) is 1. The molecule has 10 nitrogen and oxygen atoms in total. The second kappa shape index (κ2) is 12.8. The Kier molecular flexibility index (Phi) is 9.40. The van der Waals surface area contributed by atoms with Crippen molar-refractivity contribution in [2.24, 2.45) is 0 Å². The first-order valence-electron chi connectivity index (χ1n) is 13.9. The third-order valence-corrected chi connectivity index (χ3v) is 7.54. The lowest BCUT2D eigenvalue weighted by Gasteiger charge is -2.37. The summed E-state index contributed by atoms with van der Waals surface area (Å²) in [6.45, 7) is 9.11. The van der Waals surface area contributed by atoms with Crippen molar-refractivity contribution in [2.45, 2.75) is 46.3 Å². The van der Waals surface area contributed by atoms with E-state index in [1.165, 1.54) is 17.1 Å². The lowest BCUT2D eigenvalue weighted by atomic mass is 10.1. The summed E-state index contributed by atoms with van der Waals surface area (Å²) >= 11 is 0. The van der Waals surface area contributed by atoms with Crippen molar-refractivity contribution >= 4 is 35.1 Å². The van der Waals surface area contributed by atoms with Crippen molar-refractivity contribution in [3.63, 3.8) is 0 Å². The molecule has 0 atom stereocenters. The number of halogens is 3. The fourth-order valence-electron chi connectivity index (χ4n) is 5.08. The topological polar surface area (TPSA) is 111 Å². The van der Waals surface area contributed by atoms with Gasteiger partial charge in [0.1, 0.15) is 5.82 Å². The molecule has 0 spiro atoms. The Morgan fingerprint density at radius 1 is 1.14 bits per heavy atom. The lowest BCUT2D eigenvalue weighted by molar-refractivity contribution is -0.131. The quantitative estimate of drug-likeness (QED) is 0.341. The molecule has 0 saturated carbocycles. The number of nitrogens with zero attached hydrogens (tertiary/aromatic N) is 6. The third-order valence-electron chi connectivity index (χ3n) is 7.54. The minimum atomic E-state index is -4.37. The highest BCUT2D eigenvalue weighted by Crippen LogP contribution is 2.33. The number of rotatable bonds is 8. The van der Waals surface area contributed by atoms with Gasteiger partial charge in [-0.2, -0.15) is 18.2 Å². The molecule has 13 heteroatoms. The number of nitrogens with two attached hydrogens (primary N) is 1. The fraction of sp³-hybridized carbons (Fsp3) is 0.448. The number of piperazine rings is 1. The van der Waals surface area contributed by atoms with Gasteiger partial charge in [0.2, 0.25) is 5.95 Å². The molecule has 3 amide bonds. The van der Waals surface area contributed by atoms with Gasteiger partial charge < -0.3 is 20.9 Å². The fourth-order valence-corrected chi connectivity index (χ4v) is 5.08. The average Bonchev–Trinajstić information content (AvgIpc) is 2.95. The first-order chi connectivity index (χ1) is 19.9. The van der Waals surface area contributed by atoms with Gasteiger partial charge in [-0.3, -0.25) is 14.6 Å². The maximum atomic E-state index is 13.4. The summed E-state index contributed by atoms with van der Waals surface area (Å²) in [5, 5.41) is 2.85. The van der Waals surface area contributed by atoms with Crippen molar-refractivity contribution in [2.75, 3.05) is 60.6 Å². The van der Waals surface area contributed by atoms with Crippen LogP contribution in [-0.2, 0) is 11.3 Å². The molecule has 1 aromatic carbocycles. The van der Waals surface area contributed by atoms with E-state index in [2.05, 4.69) is 20.2 Å². The summed E-state index contributed by atoms with van der Waals surface area (Å²) in [6.07, 6.45) is -0.634. The number of allylic oxidation sites excluding steroid dienone is 3. The van der Waals surface area contributed by atoms with Crippen LogP contribution < -0.4 is 20.9 Å². The molecule has 3 N–H and O–H groups in total. The molecule has 0 radical (unpaired) electrons. The number of anilines is 4. The van der Waals surface area contributed by atoms with Crippen LogP contribution in [-0.4, -0.2) is 77.7 Å². The van der Waals surface area contributed by atoms with Crippen LogP contribution in [0.25, 0.3) is 0 Å². The number of nitrogen functional groups attached to an aromatic ring is 1. The molecule has 0 aliphatic carbocycles. The van der Waals surface area contributed by atoms with Crippen LogP contribution in [0.2, 0.25) is 0 Å². The molecule has 1 aromatic heterocycles. The first kappa shape index (κ1) is 30.8. The van der Waals surface area contributed by atoms with Gasteiger partial charge in [0.15, 0.2) is 0 Å². The standard InChI is InChI=1S/C29H37F3N8O2/c1-5-20(8-10-23(16-29(30,31)32)39-13-11-38(6-2)12-14-39)26(41)35-22-9-7-19(3)24(15-22)40-18-21-17-34-27(33)36-25(21)37(4)28(40)42/h7-10,15,17H,5-6,11-14,16,18H2,1-4H3,(H,35,41)(H2,33,34,36)/b20-8+,23-10+. The van der Waals surface area contributed by atoms with Crippen LogP contribution in [0.3, 0.4) is 0 Å². The zero-order chi connectivity index (χ0) is 30.6. The minimum absolute atomic E-state index is 0.0713. The van der Waals surface area contributed by atoms with Gasteiger partial charge in [0, 0.05) is 61.9 Å². The largest absolute Gasteiger partial charge is 0.394 e. The number of hydrogen-bond acceptors (Lipinski definition) is 7. The van der Waals surface area contributed by atoms with Crippen LogP contribution in [0.15, 0.2) is 47.8 Å². The maximum absolute atomic E-state index is 13.4. The van der Waals surface area contributed by atoms with Gasteiger partial charge in [-0.15, -0.1) is 0 Å². The normalized spacial score (nSPS) is 17.0.